The van der Waals surface area contributed by atoms with Crippen LogP contribution in [0.25, 0.3) is 16.7 Å². The van der Waals surface area contributed by atoms with Gasteiger partial charge >= 0.3 is 0 Å². The maximum Gasteiger partial charge on any atom is 0.257 e. The molecule has 0 fully saturated rings. The Balaban J connectivity index is 2.03. The van der Waals surface area contributed by atoms with Crippen LogP contribution < -0.4 is 4.90 Å². The average molecular weight is 341 g/mol. The normalized spacial score (nSPS) is 11.4. The summed E-state index contributed by atoms with van der Waals surface area (Å²) in [7, 11) is 1.71. The van der Waals surface area contributed by atoms with Gasteiger partial charge in [0.2, 0.25) is 0 Å². The molecule has 0 bridgehead atoms. The predicted molar refractivity (Wildman–Crippen MR) is 88.6 cm³/mol. The largest absolute Gasteiger partial charge is 0.392 e. The lowest BCUT2D eigenvalue weighted by Gasteiger charge is -2.21. The number of nitrogens with zero attached hydrogens (tertiary/aromatic N) is 5. The fourth-order valence-corrected chi connectivity index (χ4v) is 2.80. The number of rotatable bonds is 3. The van der Waals surface area contributed by atoms with Crippen LogP contribution in [0.15, 0.2) is 42.7 Å². The lowest BCUT2D eigenvalue weighted by atomic mass is 10.1. The summed E-state index contributed by atoms with van der Waals surface area (Å²) in [5.74, 6) is -0.199. The molecule has 0 amide bonds. The van der Waals surface area contributed by atoms with E-state index in [1.807, 2.05) is 0 Å². The third kappa shape index (κ3) is 2.47. The van der Waals surface area contributed by atoms with E-state index >= 15 is 0 Å². The maximum absolute atomic E-state index is 14.2. The van der Waals surface area contributed by atoms with Gasteiger partial charge in [-0.2, -0.15) is 4.98 Å². The van der Waals surface area contributed by atoms with Crippen LogP contribution in [0.2, 0.25) is 0 Å². The molecule has 0 radical (unpaired) electrons. The van der Waals surface area contributed by atoms with Gasteiger partial charge in [0.05, 0.1) is 12.1 Å². The Morgan fingerprint density at radius 2 is 2.04 bits per heavy atom. The first-order chi connectivity index (χ1) is 12.1. The number of hydrogen-bond donors (Lipinski definition) is 1. The van der Waals surface area contributed by atoms with Crippen molar-refractivity contribution < 1.29 is 13.9 Å². The fourth-order valence-electron chi connectivity index (χ4n) is 2.80. The summed E-state index contributed by atoms with van der Waals surface area (Å²) < 4.78 is 29.4. The van der Waals surface area contributed by atoms with E-state index in [4.69, 9.17) is 0 Å². The van der Waals surface area contributed by atoms with E-state index in [0.717, 1.165) is 0 Å². The Kier molecular flexibility index (Phi) is 3.54. The van der Waals surface area contributed by atoms with Gasteiger partial charge < -0.3 is 10.0 Å². The number of hydrogen-bond acceptors (Lipinski definition) is 5. The molecule has 0 saturated heterocycles. The van der Waals surface area contributed by atoms with E-state index < -0.39 is 12.4 Å². The summed E-state index contributed by atoms with van der Waals surface area (Å²) in [6.45, 7) is -0.428. The van der Waals surface area contributed by atoms with Crippen molar-refractivity contribution in [3.63, 3.8) is 0 Å². The molecule has 0 aliphatic carbocycles. The lowest BCUT2D eigenvalue weighted by molar-refractivity contribution is 0.276. The Hall–Kier alpha value is -3.13. The van der Waals surface area contributed by atoms with Crippen LogP contribution in [0, 0.1) is 11.6 Å². The van der Waals surface area contributed by atoms with E-state index in [0.29, 0.717) is 28.2 Å². The summed E-state index contributed by atoms with van der Waals surface area (Å²) in [5, 5.41) is 17.6. The van der Waals surface area contributed by atoms with Gasteiger partial charge in [-0.1, -0.05) is 6.07 Å². The molecule has 4 rings (SSSR count). The molecule has 4 aromatic rings. The molecule has 0 saturated carbocycles. The van der Waals surface area contributed by atoms with E-state index in [1.54, 1.807) is 28.5 Å². The van der Waals surface area contributed by atoms with Crippen molar-refractivity contribution in [2.24, 2.45) is 0 Å². The summed E-state index contributed by atoms with van der Waals surface area (Å²) in [5.41, 5.74) is 1.32. The highest BCUT2D eigenvalue weighted by atomic mass is 19.1. The van der Waals surface area contributed by atoms with Crippen LogP contribution in [0.1, 0.15) is 5.56 Å². The number of fused-ring (bicyclic) bond motifs is 3. The Morgan fingerprint density at radius 1 is 1.20 bits per heavy atom. The van der Waals surface area contributed by atoms with Crippen LogP contribution in [-0.2, 0) is 6.61 Å². The van der Waals surface area contributed by atoms with E-state index in [9.17, 15) is 13.9 Å². The second kappa shape index (κ2) is 5.75. The molecule has 2 heterocycles. The minimum atomic E-state index is -0.543. The number of aliphatic hydroxyl groups is 1. The molecule has 0 unspecified atom stereocenters. The van der Waals surface area contributed by atoms with Gasteiger partial charge in [0.1, 0.15) is 23.8 Å². The van der Waals surface area contributed by atoms with Crippen LogP contribution in [0.5, 0.6) is 0 Å². The highest BCUT2D eigenvalue weighted by Gasteiger charge is 2.17. The van der Waals surface area contributed by atoms with E-state index in [2.05, 4.69) is 15.2 Å². The molecule has 126 valence electrons. The van der Waals surface area contributed by atoms with Crippen LogP contribution in [0.3, 0.4) is 0 Å². The number of halogens is 2. The minimum Gasteiger partial charge on any atom is -0.392 e. The quantitative estimate of drug-likeness (QED) is 0.621. The molecule has 2 aromatic carbocycles. The molecule has 6 nitrogen and oxygen atoms in total. The van der Waals surface area contributed by atoms with Gasteiger partial charge in [-0.25, -0.2) is 8.78 Å². The van der Waals surface area contributed by atoms with E-state index in [1.165, 1.54) is 30.6 Å². The molecule has 0 aliphatic rings. The predicted octanol–water partition coefficient (Wildman–Crippen LogP) is 2.82. The molecule has 0 aliphatic heterocycles. The Morgan fingerprint density at radius 3 is 2.80 bits per heavy atom. The van der Waals surface area contributed by atoms with Crippen molar-refractivity contribution in [1.29, 1.82) is 0 Å². The smallest absolute Gasteiger partial charge is 0.257 e. The molecule has 0 spiro atoms. The second-order valence-electron chi connectivity index (χ2n) is 5.59. The van der Waals surface area contributed by atoms with Crippen LogP contribution in [0.4, 0.5) is 20.3 Å². The SMILES string of the molecule is CN(c1cccc(F)c1)c1nc2nncn2c2cc(CO)c(F)cc12. The molecular formula is C17H13F2N5O. The molecular weight excluding hydrogens is 328 g/mol. The number of benzene rings is 2. The van der Waals surface area contributed by atoms with Gasteiger partial charge in [0.25, 0.3) is 5.78 Å². The lowest BCUT2D eigenvalue weighted by Crippen LogP contribution is -2.13. The first kappa shape index (κ1) is 15.4. The first-order valence-corrected chi connectivity index (χ1v) is 7.50. The Labute approximate surface area is 141 Å². The summed E-state index contributed by atoms with van der Waals surface area (Å²) >= 11 is 0. The topological polar surface area (TPSA) is 66.6 Å². The second-order valence-corrected chi connectivity index (χ2v) is 5.59. The van der Waals surface area contributed by atoms with Gasteiger partial charge in [-0.15, -0.1) is 10.2 Å². The molecule has 8 heteroatoms. The summed E-state index contributed by atoms with van der Waals surface area (Å²) in [4.78, 5) is 6.08. The molecule has 1 N–H and O–H groups in total. The summed E-state index contributed by atoms with van der Waals surface area (Å²) in [6, 6.07) is 8.86. The molecule has 0 atom stereocenters. The zero-order valence-corrected chi connectivity index (χ0v) is 13.2. The standard InChI is InChI=1S/C17H13F2N5O/c1-23(12-4-2-3-11(18)6-12)16-13-7-14(19)10(8-25)5-15(13)24-9-20-22-17(24)21-16/h2-7,9,25H,8H2,1H3. The monoisotopic (exact) mass is 341 g/mol. The summed E-state index contributed by atoms with van der Waals surface area (Å²) in [6.07, 6.45) is 1.47. The number of aliphatic hydroxyl groups excluding tert-OH is 1. The highest BCUT2D eigenvalue weighted by Crippen LogP contribution is 2.31. The fraction of sp³-hybridized carbons (Fsp3) is 0.118. The Bertz CT molecular complexity index is 1100. The minimum absolute atomic E-state index is 0.160. The van der Waals surface area contributed by atoms with Crippen LogP contribution >= 0.6 is 0 Å². The van der Waals surface area contributed by atoms with Gasteiger partial charge in [0.15, 0.2) is 0 Å². The van der Waals surface area contributed by atoms with Crippen molar-refractivity contribution in [2.45, 2.75) is 6.61 Å². The number of aromatic nitrogens is 4. The van der Waals surface area contributed by atoms with E-state index in [-0.39, 0.29) is 11.4 Å². The number of anilines is 2. The van der Waals surface area contributed by atoms with Crippen molar-refractivity contribution in [3.8, 4) is 0 Å². The molecule has 25 heavy (non-hydrogen) atoms. The van der Waals surface area contributed by atoms with Crippen molar-refractivity contribution in [1.82, 2.24) is 19.6 Å². The maximum atomic E-state index is 14.2. The van der Waals surface area contributed by atoms with Gasteiger partial charge in [0, 0.05) is 23.7 Å². The third-order valence-corrected chi connectivity index (χ3v) is 4.08. The average Bonchev–Trinajstić information content (AvgIpc) is 3.08. The zero-order valence-electron chi connectivity index (χ0n) is 13.2. The third-order valence-electron chi connectivity index (χ3n) is 4.08. The van der Waals surface area contributed by atoms with Crippen LogP contribution in [-0.4, -0.2) is 31.7 Å². The molecule has 2 aromatic heterocycles. The van der Waals surface area contributed by atoms with Crippen molar-refractivity contribution in [2.75, 3.05) is 11.9 Å². The first-order valence-electron chi connectivity index (χ1n) is 7.50. The highest BCUT2D eigenvalue weighted by molar-refractivity contribution is 5.93. The zero-order chi connectivity index (χ0) is 17.6. The van der Waals surface area contributed by atoms with Gasteiger partial charge in [-0.3, -0.25) is 4.40 Å². The van der Waals surface area contributed by atoms with Crippen molar-refractivity contribution >= 4 is 28.2 Å². The van der Waals surface area contributed by atoms with Gasteiger partial charge in [-0.05, 0) is 30.3 Å². The van der Waals surface area contributed by atoms with Crippen molar-refractivity contribution in [3.05, 3.63) is 59.9 Å².